The molecule has 4 saturated carbocycles. The van der Waals surface area contributed by atoms with E-state index in [0.29, 0.717) is 50.1 Å². The third-order valence-corrected chi connectivity index (χ3v) is 10.5. The van der Waals surface area contributed by atoms with Crippen LogP contribution in [0.15, 0.2) is 0 Å². The SMILES string of the molecule is CC(=O)O[C@H]1CC[C@@]2(C)[C@H](C1)CC1(OCCO1)[C@H]1[C@H]3CCC4(OCCO4)[C@@]3(C)CC[C@@H]12. The van der Waals surface area contributed by atoms with Crippen molar-refractivity contribution in [2.45, 2.75) is 89.8 Å². The predicted octanol–water partition coefficient (Wildman–Crippen LogP) is 4.06. The second-order valence-corrected chi connectivity index (χ2v) is 11.6. The molecular weight excluding hydrogens is 396 g/mol. The van der Waals surface area contributed by atoms with E-state index >= 15 is 0 Å². The van der Waals surface area contributed by atoms with Gasteiger partial charge in [-0.3, -0.25) is 4.79 Å². The Morgan fingerprint density at radius 2 is 1.55 bits per heavy atom. The van der Waals surface area contributed by atoms with Crippen LogP contribution >= 0.6 is 0 Å². The van der Waals surface area contributed by atoms with Crippen LogP contribution in [0.5, 0.6) is 0 Å². The maximum atomic E-state index is 11.6. The van der Waals surface area contributed by atoms with Gasteiger partial charge in [0, 0.05) is 31.1 Å². The highest BCUT2D eigenvalue weighted by Crippen LogP contribution is 2.72. The summed E-state index contributed by atoms with van der Waals surface area (Å²) in [6, 6.07) is 0. The van der Waals surface area contributed by atoms with Crippen LogP contribution in [0.25, 0.3) is 0 Å². The van der Waals surface area contributed by atoms with Gasteiger partial charge in [-0.25, -0.2) is 0 Å². The van der Waals surface area contributed by atoms with Gasteiger partial charge in [-0.1, -0.05) is 13.8 Å². The molecule has 6 fully saturated rings. The van der Waals surface area contributed by atoms with Crippen LogP contribution in [-0.2, 0) is 28.5 Å². The van der Waals surface area contributed by atoms with Gasteiger partial charge in [0.05, 0.1) is 26.4 Å². The Labute approximate surface area is 185 Å². The Kier molecular flexibility index (Phi) is 4.65. The Bertz CT molecular complexity index is 740. The van der Waals surface area contributed by atoms with Crippen LogP contribution < -0.4 is 0 Å². The molecule has 31 heavy (non-hydrogen) atoms. The smallest absolute Gasteiger partial charge is 0.302 e. The fourth-order valence-corrected chi connectivity index (χ4v) is 9.17. The first-order valence-electron chi connectivity index (χ1n) is 12.6. The zero-order chi connectivity index (χ0) is 21.5. The van der Waals surface area contributed by atoms with E-state index in [1.54, 1.807) is 0 Å². The summed E-state index contributed by atoms with van der Waals surface area (Å²) >= 11 is 0. The molecule has 0 radical (unpaired) electrons. The molecule has 0 amide bonds. The molecular formula is C25H38O6. The molecule has 6 rings (SSSR count). The molecule has 0 bridgehead atoms. The van der Waals surface area contributed by atoms with E-state index in [2.05, 4.69) is 13.8 Å². The average molecular weight is 435 g/mol. The zero-order valence-corrected chi connectivity index (χ0v) is 19.3. The summed E-state index contributed by atoms with van der Waals surface area (Å²) in [7, 11) is 0. The van der Waals surface area contributed by atoms with Crippen molar-refractivity contribution in [3.63, 3.8) is 0 Å². The van der Waals surface area contributed by atoms with E-state index in [1.165, 1.54) is 13.3 Å². The molecule has 2 saturated heterocycles. The molecule has 174 valence electrons. The number of hydrogen-bond donors (Lipinski definition) is 0. The molecule has 6 nitrogen and oxygen atoms in total. The van der Waals surface area contributed by atoms with Crippen LogP contribution in [0.3, 0.4) is 0 Å². The lowest BCUT2D eigenvalue weighted by atomic mass is 9.43. The third kappa shape index (κ3) is 2.74. The summed E-state index contributed by atoms with van der Waals surface area (Å²) in [6.45, 7) is 9.25. The van der Waals surface area contributed by atoms with Gasteiger partial charge in [-0.15, -0.1) is 0 Å². The minimum Gasteiger partial charge on any atom is -0.463 e. The molecule has 0 unspecified atom stereocenters. The Morgan fingerprint density at radius 1 is 0.871 bits per heavy atom. The van der Waals surface area contributed by atoms with Gasteiger partial charge in [0.2, 0.25) is 0 Å². The number of carbonyl (C=O) groups excluding carboxylic acids is 1. The van der Waals surface area contributed by atoms with Gasteiger partial charge >= 0.3 is 5.97 Å². The number of ether oxygens (including phenoxy) is 5. The lowest BCUT2D eigenvalue weighted by molar-refractivity contribution is -0.317. The highest BCUT2D eigenvalue weighted by molar-refractivity contribution is 5.66. The molecule has 6 aliphatic rings. The van der Waals surface area contributed by atoms with Crippen molar-refractivity contribution in [2.75, 3.05) is 26.4 Å². The van der Waals surface area contributed by atoms with E-state index in [1.807, 2.05) is 0 Å². The molecule has 2 heterocycles. The van der Waals surface area contributed by atoms with Gasteiger partial charge in [0.15, 0.2) is 11.6 Å². The van der Waals surface area contributed by atoms with E-state index in [-0.39, 0.29) is 22.9 Å². The molecule has 2 spiro atoms. The standard InChI is InChI=1S/C25H38O6/c1-16(26)31-18-4-7-22(2)17(14-18)15-24(27-10-11-28-24)21-19(22)5-8-23(3)20(21)6-9-25(23)29-12-13-30-25/h17-21H,4-15H2,1-3H3/t17-,18+,19+,20-,21-,22+,23+/m1/s1. The highest BCUT2D eigenvalue weighted by atomic mass is 16.7. The molecule has 0 aromatic carbocycles. The average Bonchev–Trinajstić information content (AvgIpc) is 3.45. The molecule has 6 heteroatoms. The monoisotopic (exact) mass is 434 g/mol. The van der Waals surface area contributed by atoms with Crippen molar-refractivity contribution in [3.05, 3.63) is 0 Å². The first kappa shape index (κ1) is 20.9. The predicted molar refractivity (Wildman–Crippen MR) is 112 cm³/mol. The Morgan fingerprint density at radius 3 is 2.26 bits per heavy atom. The Balaban J connectivity index is 1.36. The van der Waals surface area contributed by atoms with Gasteiger partial charge < -0.3 is 23.7 Å². The normalized spacial score (nSPS) is 49.6. The van der Waals surface area contributed by atoms with Gasteiger partial charge in [0.1, 0.15) is 6.10 Å². The number of hydrogen-bond acceptors (Lipinski definition) is 6. The summed E-state index contributed by atoms with van der Waals surface area (Å²) in [5.74, 6) is 0.836. The zero-order valence-electron chi connectivity index (χ0n) is 19.3. The quantitative estimate of drug-likeness (QED) is 0.580. The minimum absolute atomic E-state index is 0.0190. The van der Waals surface area contributed by atoms with Crippen molar-refractivity contribution in [1.82, 2.24) is 0 Å². The minimum atomic E-state index is -0.497. The van der Waals surface area contributed by atoms with Crippen molar-refractivity contribution in [3.8, 4) is 0 Å². The summed E-state index contributed by atoms with van der Waals surface area (Å²) in [6.07, 6.45) is 8.42. The van der Waals surface area contributed by atoms with Gasteiger partial charge in [0.25, 0.3) is 0 Å². The van der Waals surface area contributed by atoms with Crippen LogP contribution in [0.1, 0.15) is 72.1 Å². The highest BCUT2D eigenvalue weighted by Gasteiger charge is 2.72. The molecule has 2 aliphatic heterocycles. The summed E-state index contributed by atoms with van der Waals surface area (Å²) < 4.78 is 31.4. The molecule has 4 aliphatic carbocycles. The van der Waals surface area contributed by atoms with E-state index < -0.39 is 11.6 Å². The largest absolute Gasteiger partial charge is 0.463 e. The number of esters is 1. The second-order valence-electron chi connectivity index (χ2n) is 11.6. The maximum Gasteiger partial charge on any atom is 0.302 e. The number of carbonyl (C=O) groups is 1. The first-order chi connectivity index (χ1) is 14.8. The number of rotatable bonds is 1. The van der Waals surface area contributed by atoms with E-state index in [4.69, 9.17) is 23.7 Å². The topological polar surface area (TPSA) is 63.2 Å². The first-order valence-corrected chi connectivity index (χ1v) is 12.6. The Hall–Kier alpha value is -0.690. The second kappa shape index (κ2) is 6.91. The molecule has 7 atom stereocenters. The van der Waals surface area contributed by atoms with Crippen molar-refractivity contribution in [1.29, 1.82) is 0 Å². The molecule has 0 aromatic rings. The number of fused-ring (bicyclic) bond motifs is 7. The van der Waals surface area contributed by atoms with Crippen molar-refractivity contribution in [2.24, 2.45) is 34.5 Å². The van der Waals surface area contributed by atoms with Crippen LogP contribution in [-0.4, -0.2) is 50.1 Å². The van der Waals surface area contributed by atoms with Crippen molar-refractivity contribution >= 4 is 5.97 Å². The van der Waals surface area contributed by atoms with E-state index in [9.17, 15) is 4.79 Å². The van der Waals surface area contributed by atoms with Gasteiger partial charge in [-0.2, -0.15) is 0 Å². The summed E-state index contributed by atoms with van der Waals surface area (Å²) in [4.78, 5) is 11.6. The lowest BCUT2D eigenvalue weighted by Crippen LogP contribution is -2.65. The maximum absolute atomic E-state index is 11.6. The summed E-state index contributed by atoms with van der Waals surface area (Å²) in [5, 5.41) is 0. The summed E-state index contributed by atoms with van der Waals surface area (Å²) in [5.41, 5.74) is 0.265. The lowest BCUT2D eigenvalue weighted by Gasteiger charge is -2.65. The fourth-order valence-electron chi connectivity index (χ4n) is 9.17. The van der Waals surface area contributed by atoms with Crippen LogP contribution in [0, 0.1) is 34.5 Å². The third-order valence-electron chi connectivity index (χ3n) is 10.5. The van der Waals surface area contributed by atoms with Crippen LogP contribution in [0.2, 0.25) is 0 Å². The molecule has 0 aromatic heterocycles. The fraction of sp³-hybridized carbons (Fsp3) is 0.960. The van der Waals surface area contributed by atoms with E-state index in [0.717, 1.165) is 44.9 Å². The van der Waals surface area contributed by atoms with Gasteiger partial charge in [-0.05, 0) is 61.7 Å². The van der Waals surface area contributed by atoms with Crippen molar-refractivity contribution < 1.29 is 28.5 Å². The molecule has 0 N–H and O–H groups in total. The van der Waals surface area contributed by atoms with Crippen LogP contribution in [0.4, 0.5) is 0 Å².